The zero-order valence-corrected chi connectivity index (χ0v) is 13.0. The van der Waals surface area contributed by atoms with Gasteiger partial charge in [-0.15, -0.1) is 6.42 Å². The number of amides is 1. The van der Waals surface area contributed by atoms with E-state index in [1.807, 2.05) is 13.0 Å². The van der Waals surface area contributed by atoms with Gasteiger partial charge < -0.3 is 15.0 Å². The summed E-state index contributed by atoms with van der Waals surface area (Å²) in [5, 5.41) is 2.63. The van der Waals surface area contributed by atoms with Crippen LogP contribution in [-0.2, 0) is 4.74 Å². The Bertz CT molecular complexity index is 522. The van der Waals surface area contributed by atoms with Crippen LogP contribution in [0, 0.1) is 18.3 Å². The molecule has 118 valence electrons. The molecule has 1 saturated heterocycles. The van der Waals surface area contributed by atoms with Crippen LogP contribution in [0.4, 0.5) is 5.82 Å². The first-order valence-corrected chi connectivity index (χ1v) is 7.75. The summed E-state index contributed by atoms with van der Waals surface area (Å²) in [5.41, 5.74) is 0.530. The number of nitrogens with zero attached hydrogens (tertiary/aromatic N) is 2. The third-order valence-corrected chi connectivity index (χ3v) is 3.76. The van der Waals surface area contributed by atoms with Crippen LogP contribution in [0.1, 0.15) is 30.1 Å². The molecule has 5 heteroatoms. The number of hydrogen-bond acceptors (Lipinski definition) is 4. The largest absolute Gasteiger partial charge is 0.381 e. The maximum atomic E-state index is 11.8. The van der Waals surface area contributed by atoms with Gasteiger partial charge in [0.1, 0.15) is 5.82 Å². The van der Waals surface area contributed by atoms with Crippen molar-refractivity contribution in [2.24, 2.45) is 5.92 Å². The van der Waals surface area contributed by atoms with Gasteiger partial charge in [-0.05, 0) is 37.8 Å². The Balaban J connectivity index is 1.95. The molecule has 1 N–H and O–H groups in total. The second-order valence-electron chi connectivity index (χ2n) is 5.41. The first-order valence-electron chi connectivity index (χ1n) is 7.75. The van der Waals surface area contributed by atoms with Crippen molar-refractivity contribution < 1.29 is 9.53 Å². The Kier molecular flexibility index (Phi) is 6.23. The van der Waals surface area contributed by atoms with Crippen molar-refractivity contribution in [3.63, 3.8) is 0 Å². The standard InChI is InChI=1S/C17H23N3O2/c1-3-9-18-17(21)15-7-8-16(19-11-15)20-10-5-6-14(12-20)13-22-4-2/h1,7-8,11,14H,4-6,9-10,12-13H2,2H3,(H,18,21). The van der Waals surface area contributed by atoms with Crippen molar-refractivity contribution in [2.45, 2.75) is 19.8 Å². The lowest BCUT2D eigenvalue weighted by Gasteiger charge is -2.33. The van der Waals surface area contributed by atoms with E-state index in [1.54, 1.807) is 12.3 Å². The Morgan fingerprint density at radius 2 is 2.45 bits per heavy atom. The van der Waals surface area contributed by atoms with Crippen molar-refractivity contribution in [1.82, 2.24) is 10.3 Å². The third-order valence-electron chi connectivity index (χ3n) is 3.76. The molecule has 1 aromatic rings. The Hall–Kier alpha value is -2.06. The van der Waals surface area contributed by atoms with Gasteiger partial charge >= 0.3 is 0 Å². The lowest BCUT2D eigenvalue weighted by molar-refractivity contribution is 0.0958. The van der Waals surface area contributed by atoms with E-state index in [0.717, 1.165) is 38.5 Å². The summed E-state index contributed by atoms with van der Waals surface area (Å²) in [7, 11) is 0. The van der Waals surface area contributed by atoms with Gasteiger partial charge in [0, 0.05) is 25.9 Å². The molecule has 1 fully saturated rings. The van der Waals surface area contributed by atoms with Gasteiger partial charge in [0.2, 0.25) is 0 Å². The fraction of sp³-hybridized carbons (Fsp3) is 0.529. The fourth-order valence-corrected chi connectivity index (χ4v) is 2.63. The average molecular weight is 301 g/mol. The number of terminal acetylenes is 1. The van der Waals surface area contributed by atoms with Gasteiger partial charge in [0.05, 0.1) is 18.7 Å². The van der Waals surface area contributed by atoms with Crippen molar-refractivity contribution in [2.75, 3.05) is 37.7 Å². The maximum absolute atomic E-state index is 11.8. The number of rotatable bonds is 6. The molecular formula is C17H23N3O2. The Morgan fingerprint density at radius 1 is 1.59 bits per heavy atom. The number of ether oxygens (including phenoxy) is 1. The second kappa shape index (κ2) is 8.40. The molecule has 0 aromatic carbocycles. The summed E-state index contributed by atoms with van der Waals surface area (Å²) in [6.07, 6.45) is 9.07. The van der Waals surface area contributed by atoms with Crippen molar-refractivity contribution >= 4 is 11.7 Å². The summed E-state index contributed by atoms with van der Waals surface area (Å²) in [6, 6.07) is 3.69. The quantitative estimate of drug-likeness (QED) is 0.813. The first-order chi connectivity index (χ1) is 10.7. The zero-order valence-electron chi connectivity index (χ0n) is 13.0. The minimum Gasteiger partial charge on any atom is -0.381 e. The van der Waals surface area contributed by atoms with Gasteiger partial charge in [0.15, 0.2) is 0 Å². The summed E-state index contributed by atoms with van der Waals surface area (Å²) in [6.45, 7) is 5.77. The number of pyridine rings is 1. The summed E-state index contributed by atoms with van der Waals surface area (Å²) in [5.74, 6) is 3.65. The number of hydrogen-bond donors (Lipinski definition) is 1. The molecule has 2 rings (SSSR count). The van der Waals surface area contributed by atoms with Crippen LogP contribution in [-0.4, -0.2) is 43.7 Å². The molecule has 0 bridgehead atoms. The van der Waals surface area contributed by atoms with Crippen LogP contribution in [0.15, 0.2) is 18.3 Å². The topological polar surface area (TPSA) is 54.5 Å². The second-order valence-corrected chi connectivity index (χ2v) is 5.41. The molecular weight excluding hydrogens is 278 g/mol. The van der Waals surface area contributed by atoms with Gasteiger partial charge in [-0.3, -0.25) is 4.79 Å². The lowest BCUT2D eigenvalue weighted by atomic mass is 9.99. The van der Waals surface area contributed by atoms with Crippen LogP contribution in [0.3, 0.4) is 0 Å². The van der Waals surface area contributed by atoms with Gasteiger partial charge in [-0.25, -0.2) is 4.98 Å². The summed E-state index contributed by atoms with van der Waals surface area (Å²) >= 11 is 0. The van der Waals surface area contributed by atoms with Crippen LogP contribution in [0.25, 0.3) is 0 Å². The predicted octanol–water partition coefficient (Wildman–Crippen LogP) is 1.70. The van der Waals surface area contributed by atoms with E-state index in [9.17, 15) is 4.79 Å². The number of carbonyl (C=O) groups is 1. The van der Waals surface area contributed by atoms with E-state index in [0.29, 0.717) is 11.5 Å². The van der Waals surface area contributed by atoms with E-state index in [4.69, 9.17) is 11.2 Å². The van der Waals surface area contributed by atoms with Crippen LogP contribution in [0.2, 0.25) is 0 Å². The van der Waals surface area contributed by atoms with Crippen molar-refractivity contribution in [1.29, 1.82) is 0 Å². The third kappa shape index (κ3) is 4.47. The number of anilines is 1. The minimum atomic E-state index is -0.190. The normalized spacial score (nSPS) is 17.8. The molecule has 0 radical (unpaired) electrons. The molecule has 0 spiro atoms. The lowest BCUT2D eigenvalue weighted by Crippen LogP contribution is -2.37. The number of piperidine rings is 1. The van der Waals surface area contributed by atoms with Crippen LogP contribution < -0.4 is 10.2 Å². The predicted molar refractivity (Wildman–Crippen MR) is 86.8 cm³/mol. The zero-order chi connectivity index (χ0) is 15.8. The van der Waals surface area contributed by atoms with Gasteiger partial charge in [0.25, 0.3) is 5.91 Å². The van der Waals surface area contributed by atoms with Crippen molar-refractivity contribution in [3.05, 3.63) is 23.9 Å². The molecule has 1 atom stereocenters. The summed E-state index contributed by atoms with van der Waals surface area (Å²) in [4.78, 5) is 18.5. The Labute approximate surface area is 132 Å². The van der Waals surface area contributed by atoms with Crippen LogP contribution in [0.5, 0.6) is 0 Å². The smallest absolute Gasteiger partial charge is 0.253 e. The highest BCUT2D eigenvalue weighted by Gasteiger charge is 2.21. The molecule has 1 aromatic heterocycles. The molecule has 2 heterocycles. The van der Waals surface area contributed by atoms with E-state index >= 15 is 0 Å². The first kappa shape index (κ1) is 16.3. The summed E-state index contributed by atoms with van der Waals surface area (Å²) < 4.78 is 5.53. The molecule has 5 nitrogen and oxygen atoms in total. The fourth-order valence-electron chi connectivity index (χ4n) is 2.63. The number of carbonyl (C=O) groups excluding carboxylic acids is 1. The SMILES string of the molecule is C#CCNC(=O)c1ccc(N2CCCC(COCC)C2)nc1. The monoisotopic (exact) mass is 301 g/mol. The highest BCUT2D eigenvalue weighted by Crippen LogP contribution is 2.22. The molecule has 1 aliphatic rings. The molecule has 0 aliphatic carbocycles. The Morgan fingerprint density at radius 3 is 3.14 bits per heavy atom. The van der Waals surface area contributed by atoms with Gasteiger partial charge in [-0.1, -0.05) is 5.92 Å². The van der Waals surface area contributed by atoms with E-state index in [-0.39, 0.29) is 12.5 Å². The number of nitrogens with one attached hydrogen (secondary N) is 1. The molecule has 0 saturated carbocycles. The minimum absolute atomic E-state index is 0.190. The highest BCUT2D eigenvalue weighted by molar-refractivity contribution is 5.94. The van der Waals surface area contributed by atoms with Crippen LogP contribution >= 0.6 is 0 Å². The van der Waals surface area contributed by atoms with E-state index < -0.39 is 0 Å². The molecule has 1 amide bonds. The van der Waals surface area contributed by atoms with E-state index in [2.05, 4.69) is 21.1 Å². The molecule has 1 aliphatic heterocycles. The number of aromatic nitrogens is 1. The maximum Gasteiger partial charge on any atom is 0.253 e. The molecule has 22 heavy (non-hydrogen) atoms. The molecule has 1 unspecified atom stereocenters. The highest BCUT2D eigenvalue weighted by atomic mass is 16.5. The van der Waals surface area contributed by atoms with Gasteiger partial charge in [-0.2, -0.15) is 0 Å². The average Bonchev–Trinajstić information content (AvgIpc) is 2.58. The van der Waals surface area contributed by atoms with E-state index in [1.165, 1.54) is 6.42 Å². The van der Waals surface area contributed by atoms with Crippen molar-refractivity contribution in [3.8, 4) is 12.3 Å².